The van der Waals surface area contributed by atoms with Crippen LogP contribution in [0.5, 0.6) is 0 Å². The van der Waals surface area contributed by atoms with Gasteiger partial charge in [0.1, 0.15) is 0 Å². The summed E-state index contributed by atoms with van der Waals surface area (Å²) < 4.78 is 0. The minimum Gasteiger partial charge on any atom is -0.350 e. The van der Waals surface area contributed by atoms with Gasteiger partial charge in [0.05, 0.1) is 6.42 Å². The Morgan fingerprint density at radius 2 is 2.00 bits per heavy atom. The summed E-state index contributed by atoms with van der Waals surface area (Å²) in [5, 5.41) is 4.15. The molecule has 0 unspecified atom stereocenters. The average Bonchev–Trinajstić information content (AvgIpc) is 2.44. The van der Waals surface area contributed by atoms with E-state index in [0.717, 1.165) is 29.7 Å². The number of benzene rings is 1. The van der Waals surface area contributed by atoms with E-state index in [2.05, 4.69) is 41.2 Å². The van der Waals surface area contributed by atoms with Gasteiger partial charge >= 0.3 is 0 Å². The zero-order valence-corrected chi connectivity index (χ0v) is 14.0. The molecule has 0 aromatic heterocycles. The molecule has 0 aliphatic heterocycles. The van der Waals surface area contributed by atoms with Crippen LogP contribution in [0, 0.1) is 12.8 Å². The molecule has 0 spiro atoms. The van der Waals surface area contributed by atoms with E-state index in [1.807, 2.05) is 18.2 Å². The highest BCUT2D eigenvalue weighted by atomic mass is 79.9. The summed E-state index contributed by atoms with van der Waals surface area (Å²) in [6, 6.07) is 8.11. The number of hydrogen-bond donors (Lipinski definition) is 1. The van der Waals surface area contributed by atoms with Crippen LogP contribution in [0.2, 0.25) is 0 Å². The number of alkyl halides is 1. The van der Waals surface area contributed by atoms with Gasteiger partial charge in [-0.2, -0.15) is 0 Å². The van der Waals surface area contributed by atoms with Crippen molar-refractivity contribution in [2.45, 2.75) is 51.5 Å². The lowest BCUT2D eigenvalue weighted by molar-refractivity contribution is -0.122. The fraction of sp³-hybridized carbons (Fsp3) is 0.588. The first-order chi connectivity index (χ1) is 9.54. The van der Waals surface area contributed by atoms with Crippen LogP contribution >= 0.6 is 15.9 Å². The molecule has 0 atom stereocenters. The van der Waals surface area contributed by atoms with Gasteiger partial charge in [-0.1, -0.05) is 47.1 Å². The summed E-state index contributed by atoms with van der Waals surface area (Å²) in [5.74, 6) is 0.934. The Bertz CT molecular complexity index is 464. The van der Waals surface area contributed by atoms with Gasteiger partial charge < -0.3 is 5.32 Å². The van der Waals surface area contributed by atoms with Crippen LogP contribution in [0.15, 0.2) is 24.3 Å². The van der Waals surface area contributed by atoms with Gasteiger partial charge in [-0.15, -0.1) is 0 Å². The third-order valence-electron chi connectivity index (χ3n) is 4.50. The number of aryl methyl sites for hydroxylation is 1. The van der Waals surface area contributed by atoms with Gasteiger partial charge in [-0.05, 0) is 49.7 Å². The second-order valence-electron chi connectivity index (χ2n) is 6.25. The SMILES string of the molecule is Cc1ccccc1CC(=O)NC1(CBr)CCC(C)CC1. The molecule has 0 heterocycles. The largest absolute Gasteiger partial charge is 0.350 e. The van der Waals surface area contributed by atoms with E-state index in [1.54, 1.807) is 0 Å². The molecular formula is C17H24BrNO. The van der Waals surface area contributed by atoms with Gasteiger partial charge in [-0.25, -0.2) is 0 Å². The molecule has 1 aliphatic rings. The molecule has 0 bridgehead atoms. The molecular weight excluding hydrogens is 314 g/mol. The molecule has 20 heavy (non-hydrogen) atoms. The van der Waals surface area contributed by atoms with E-state index < -0.39 is 0 Å². The van der Waals surface area contributed by atoms with E-state index >= 15 is 0 Å². The van der Waals surface area contributed by atoms with Crippen molar-refractivity contribution in [2.75, 3.05) is 5.33 Å². The predicted molar refractivity (Wildman–Crippen MR) is 87.2 cm³/mol. The Hall–Kier alpha value is -0.830. The van der Waals surface area contributed by atoms with Crippen LogP contribution in [-0.2, 0) is 11.2 Å². The molecule has 1 fully saturated rings. The summed E-state index contributed by atoms with van der Waals surface area (Å²) in [6.45, 7) is 4.36. The number of rotatable bonds is 4. The molecule has 1 aromatic rings. The van der Waals surface area contributed by atoms with E-state index in [0.29, 0.717) is 6.42 Å². The summed E-state index contributed by atoms with van der Waals surface area (Å²) >= 11 is 3.60. The van der Waals surface area contributed by atoms with Crippen LogP contribution in [-0.4, -0.2) is 16.8 Å². The standard InChI is InChI=1S/C17H24BrNO/c1-13-7-9-17(12-18,10-8-13)19-16(20)11-15-6-4-3-5-14(15)2/h3-6,13H,7-12H2,1-2H3,(H,19,20). The number of halogens is 1. The van der Waals surface area contributed by atoms with Crippen molar-refractivity contribution in [2.24, 2.45) is 5.92 Å². The van der Waals surface area contributed by atoms with E-state index in [4.69, 9.17) is 0 Å². The van der Waals surface area contributed by atoms with Crippen molar-refractivity contribution in [3.63, 3.8) is 0 Å². The maximum atomic E-state index is 12.3. The van der Waals surface area contributed by atoms with E-state index in [-0.39, 0.29) is 11.4 Å². The number of amides is 1. The Labute approximate surface area is 130 Å². The molecule has 1 aliphatic carbocycles. The lowest BCUT2D eigenvalue weighted by Crippen LogP contribution is -2.52. The molecule has 0 saturated heterocycles. The van der Waals surface area contributed by atoms with Gasteiger partial charge in [0.15, 0.2) is 0 Å². The first-order valence-electron chi connectivity index (χ1n) is 7.46. The van der Waals surface area contributed by atoms with E-state index in [9.17, 15) is 4.79 Å². The van der Waals surface area contributed by atoms with Crippen LogP contribution < -0.4 is 5.32 Å². The number of nitrogens with one attached hydrogen (secondary N) is 1. The van der Waals surface area contributed by atoms with Gasteiger partial charge in [0, 0.05) is 10.9 Å². The van der Waals surface area contributed by atoms with Gasteiger partial charge in [0.2, 0.25) is 5.91 Å². The Morgan fingerprint density at radius 3 is 2.60 bits per heavy atom. The molecule has 1 N–H and O–H groups in total. The number of carbonyl (C=O) groups is 1. The maximum absolute atomic E-state index is 12.3. The topological polar surface area (TPSA) is 29.1 Å². The second kappa shape index (κ2) is 6.75. The van der Waals surface area contributed by atoms with Crippen LogP contribution in [0.1, 0.15) is 43.7 Å². The molecule has 2 rings (SSSR count). The molecule has 1 aromatic carbocycles. The fourth-order valence-corrected chi connectivity index (χ4v) is 3.63. The Balaban J connectivity index is 1.98. The third-order valence-corrected chi connectivity index (χ3v) is 5.58. The molecule has 2 nitrogen and oxygen atoms in total. The Kier molecular flexibility index (Phi) is 5.25. The normalized spacial score (nSPS) is 26.2. The van der Waals surface area contributed by atoms with Crippen molar-refractivity contribution in [1.82, 2.24) is 5.32 Å². The zero-order valence-electron chi connectivity index (χ0n) is 12.4. The minimum absolute atomic E-state index is 0.0354. The molecule has 3 heteroatoms. The molecule has 1 amide bonds. The molecule has 0 radical (unpaired) electrons. The summed E-state index contributed by atoms with van der Waals surface area (Å²) in [5.41, 5.74) is 2.28. The van der Waals surface area contributed by atoms with Gasteiger partial charge in [-0.3, -0.25) is 4.79 Å². The molecule has 110 valence electrons. The van der Waals surface area contributed by atoms with Crippen molar-refractivity contribution < 1.29 is 4.79 Å². The quantitative estimate of drug-likeness (QED) is 0.826. The Morgan fingerprint density at radius 1 is 1.35 bits per heavy atom. The lowest BCUT2D eigenvalue weighted by atomic mass is 9.78. The van der Waals surface area contributed by atoms with Crippen molar-refractivity contribution in [1.29, 1.82) is 0 Å². The van der Waals surface area contributed by atoms with Crippen molar-refractivity contribution >= 4 is 21.8 Å². The van der Waals surface area contributed by atoms with Crippen LogP contribution in [0.25, 0.3) is 0 Å². The average molecular weight is 338 g/mol. The predicted octanol–water partition coefficient (Wildman–Crippen LogP) is 4.00. The monoisotopic (exact) mass is 337 g/mol. The van der Waals surface area contributed by atoms with Crippen LogP contribution in [0.3, 0.4) is 0 Å². The summed E-state index contributed by atoms with van der Waals surface area (Å²) in [6.07, 6.45) is 5.06. The number of hydrogen-bond acceptors (Lipinski definition) is 1. The summed E-state index contributed by atoms with van der Waals surface area (Å²) in [7, 11) is 0. The van der Waals surface area contributed by atoms with Crippen molar-refractivity contribution in [3.05, 3.63) is 35.4 Å². The maximum Gasteiger partial charge on any atom is 0.224 e. The highest BCUT2D eigenvalue weighted by Crippen LogP contribution is 2.33. The fourth-order valence-electron chi connectivity index (χ4n) is 2.93. The lowest BCUT2D eigenvalue weighted by Gasteiger charge is -2.39. The third kappa shape index (κ3) is 3.85. The van der Waals surface area contributed by atoms with E-state index in [1.165, 1.54) is 18.4 Å². The summed E-state index contributed by atoms with van der Waals surface area (Å²) in [4.78, 5) is 12.3. The zero-order chi connectivity index (χ0) is 14.6. The highest BCUT2D eigenvalue weighted by Gasteiger charge is 2.34. The second-order valence-corrected chi connectivity index (χ2v) is 6.81. The first-order valence-corrected chi connectivity index (χ1v) is 8.58. The van der Waals surface area contributed by atoms with Crippen molar-refractivity contribution in [3.8, 4) is 0 Å². The van der Waals surface area contributed by atoms with Gasteiger partial charge in [0.25, 0.3) is 0 Å². The number of carbonyl (C=O) groups excluding carboxylic acids is 1. The van der Waals surface area contributed by atoms with Crippen LogP contribution in [0.4, 0.5) is 0 Å². The highest BCUT2D eigenvalue weighted by molar-refractivity contribution is 9.09. The smallest absolute Gasteiger partial charge is 0.224 e. The first kappa shape index (κ1) is 15.6. The molecule has 1 saturated carbocycles. The minimum atomic E-state index is -0.0354.